The average molecular weight is 407 g/mol. The van der Waals surface area contributed by atoms with Gasteiger partial charge in [0, 0.05) is 29.3 Å². The van der Waals surface area contributed by atoms with Crippen molar-refractivity contribution in [2.45, 2.75) is 30.0 Å². The molecule has 6 N–H and O–H groups in total. The van der Waals surface area contributed by atoms with Crippen molar-refractivity contribution >= 4 is 28.6 Å². The van der Waals surface area contributed by atoms with Crippen molar-refractivity contribution in [3.8, 4) is 0 Å². The Bertz CT molecular complexity index is 894. The summed E-state index contributed by atoms with van der Waals surface area (Å²) in [7, 11) is 0. The van der Waals surface area contributed by atoms with Gasteiger partial charge in [0.25, 0.3) is 0 Å². The molecule has 3 aromatic rings. The van der Waals surface area contributed by atoms with Crippen LogP contribution in [-0.2, 0) is 5.75 Å². The highest BCUT2D eigenvalue weighted by molar-refractivity contribution is 7.98. The smallest absolute Gasteiger partial charge is 0.151 e. The van der Waals surface area contributed by atoms with Crippen LogP contribution in [0.25, 0.3) is 11.0 Å². The minimum absolute atomic E-state index is 0. The Hall–Kier alpha value is -1.84. The summed E-state index contributed by atoms with van der Waals surface area (Å²) in [4.78, 5) is 11.3. The molecule has 7 nitrogen and oxygen atoms in total. The van der Waals surface area contributed by atoms with Crippen LogP contribution in [0.3, 0.4) is 0 Å². The number of hydrogen-bond acceptors (Lipinski definition) is 7. The van der Waals surface area contributed by atoms with Crippen molar-refractivity contribution in [1.82, 2.24) is 20.3 Å². The third-order valence-electron chi connectivity index (χ3n) is 4.76. The number of rotatable bonds is 5. The summed E-state index contributed by atoms with van der Waals surface area (Å²) in [5.74, 6) is 1.93. The standard InChI is InChI=1S/C18H21N5O2S.ClH/c19-18-15-13(21-9-22-18)11(6-20-15)14-17(25)16(24)12(23-14)8-26-7-10-4-2-1-3-5-10;/h1-6,9,12,14,16-17,20,23-25H,7-8H2,(H2,19,21,22);1H/p-1. The van der Waals surface area contributed by atoms with E-state index in [9.17, 15) is 10.2 Å². The van der Waals surface area contributed by atoms with Gasteiger partial charge in [0.2, 0.25) is 0 Å². The average Bonchev–Trinajstić information content (AvgIpc) is 3.20. The van der Waals surface area contributed by atoms with Crippen LogP contribution in [0.15, 0.2) is 42.9 Å². The van der Waals surface area contributed by atoms with Crippen LogP contribution in [0.2, 0.25) is 0 Å². The number of aromatic amines is 1. The lowest BCUT2D eigenvalue weighted by Crippen LogP contribution is -3.00. The van der Waals surface area contributed by atoms with Crippen molar-refractivity contribution in [1.29, 1.82) is 0 Å². The van der Waals surface area contributed by atoms with Gasteiger partial charge in [-0.2, -0.15) is 11.8 Å². The first-order chi connectivity index (χ1) is 12.6. The topological polar surface area (TPSA) is 120 Å². The molecular formula is C18H21ClN5O2S-. The molecule has 4 atom stereocenters. The Kier molecular flexibility index (Phi) is 6.23. The Morgan fingerprint density at radius 2 is 1.89 bits per heavy atom. The summed E-state index contributed by atoms with van der Waals surface area (Å²) in [5, 5.41) is 24.3. The molecule has 0 spiro atoms. The minimum Gasteiger partial charge on any atom is -1.00 e. The Morgan fingerprint density at radius 3 is 2.67 bits per heavy atom. The first kappa shape index (κ1) is 19.9. The molecule has 9 heteroatoms. The number of nitrogens with zero attached hydrogens (tertiary/aromatic N) is 2. The van der Waals surface area contributed by atoms with E-state index in [1.165, 1.54) is 11.9 Å². The number of anilines is 1. The van der Waals surface area contributed by atoms with E-state index < -0.39 is 18.2 Å². The molecule has 0 radical (unpaired) electrons. The lowest BCUT2D eigenvalue weighted by atomic mass is 10.0. The molecule has 2 aromatic heterocycles. The molecule has 1 aliphatic rings. The fraction of sp³-hybridized carbons (Fsp3) is 0.333. The van der Waals surface area contributed by atoms with Gasteiger partial charge in [-0.25, -0.2) is 9.97 Å². The van der Waals surface area contributed by atoms with Gasteiger partial charge in [-0.3, -0.25) is 0 Å². The van der Waals surface area contributed by atoms with Crippen LogP contribution in [0.4, 0.5) is 5.82 Å². The van der Waals surface area contributed by atoms with Crippen LogP contribution < -0.4 is 23.5 Å². The molecular weight excluding hydrogens is 386 g/mol. The van der Waals surface area contributed by atoms with Crippen molar-refractivity contribution in [2.24, 2.45) is 0 Å². The molecule has 0 aliphatic carbocycles. The highest BCUT2D eigenvalue weighted by atomic mass is 35.5. The molecule has 3 heterocycles. The van der Waals surface area contributed by atoms with E-state index in [2.05, 4.69) is 32.4 Å². The zero-order valence-corrected chi connectivity index (χ0v) is 16.0. The van der Waals surface area contributed by atoms with E-state index in [1.54, 1.807) is 18.0 Å². The Balaban J connectivity index is 0.00000210. The maximum Gasteiger partial charge on any atom is 0.151 e. The Labute approximate surface area is 167 Å². The first-order valence-electron chi connectivity index (χ1n) is 8.46. The molecule has 1 fully saturated rings. The van der Waals surface area contributed by atoms with Crippen molar-refractivity contribution in [3.63, 3.8) is 0 Å². The molecule has 4 unspecified atom stereocenters. The lowest BCUT2D eigenvalue weighted by Gasteiger charge is -2.15. The number of nitrogens with one attached hydrogen (secondary N) is 2. The number of halogens is 1. The van der Waals surface area contributed by atoms with Crippen LogP contribution >= 0.6 is 11.8 Å². The molecule has 1 aliphatic heterocycles. The van der Waals surface area contributed by atoms with Gasteiger partial charge in [0.15, 0.2) is 5.82 Å². The number of hydrogen-bond donors (Lipinski definition) is 5. The summed E-state index contributed by atoms with van der Waals surface area (Å²) < 4.78 is 0. The molecule has 0 bridgehead atoms. The van der Waals surface area contributed by atoms with Gasteiger partial charge < -0.3 is 38.7 Å². The Morgan fingerprint density at radius 1 is 1.11 bits per heavy atom. The number of thioether (sulfide) groups is 1. The second kappa shape index (κ2) is 8.45. The largest absolute Gasteiger partial charge is 1.00 e. The van der Waals surface area contributed by atoms with Gasteiger partial charge in [0.1, 0.15) is 17.9 Å². The van der Waals surface area contributed by atoms with Gasteiger partial charge in [-0.1, -0.05) is 30.3 Å². The number of aliphatic hydroxyl groups is 2. The molecule has 1 saturated heterocycles. The summed E-state index contributed by atoms with van der Waals surface area (Å²) in [6.45, 7) is 0. The van der Waals surface area contributed by atoms with Crippen LogP contribution in [0, 0.1) is 0 Å². The van der Waals surface area contributed by atoms with Crippen molar-refractivity contribution < 1.29 is 22.6 Å². The number of H-pyrrole nitrogens is 1. The molecule has 27 heavy (non-hydrogen) atoms. The second-order valence-corrected chi connectivity index (χ2v) is 7.49. The zero-order valence-electron chi connectivity index (χ0n) is 14.4. The van der Waals surface area contributed by atoms with Crippen LogP contribution in [0.5, 0.6) is 0 Å². The van der Waals surface area contributed by atoms with E-state index in [0.717, 1.165) is 11.3 Å². The summed E-state index contributed by atoms with van der Waals surface area (Å²) in [5.41, 5.74) is 9.20. The highest BCUT2D eigenvalue weighted by Crippen LogP contribution is 2.33. The molecule has 0 saturated carbocycles. The van der Waals surface area contributed by atoms with E-state index in [0.29, 0.717) is 22.6 Å². The number of nitrogens with two attached hydrogens (primary N) is 1. The summed E-state index contributed by atoms with van der Waals surface area (Å²) >= 11 is 1.73. The minimum atomic E-state index is -0.910. The maximum absolute atomic E-state index is 10.5. The normalized spacial score (nSPS) is 24.8. The summed E-state index contributed by atoms with van der Waals surface area (Å²) in [6, 6.07) is 9.59. The summed E-state index contributed by atoms with van der Waals surface area (Å²) in [6.07, 6.45) is 1.42. The number of aliphatic hydroxyl groups excluding tert-OH is 2. The van der Waals surface area contributed by atoms with Crippen molar-refractivity contribution in [2.75, 3.05) is 11.5 Å². The van der Waals surface area contributed by atoms with E-state index >= 15 is 0 Å². The third-order valence-corrected chi connectivity index (χ3v) is 5.90. The molecule has 144 valence electrons. The molecule has 1 aromatic carbocycles. The SMILES string of the molecule is Nc1ncnc2c(C3NC(CSCc4ccccc4)C(O)C3O)c[nH]c12.[Cl-]. The monoisotopic (exact) mass is 406 g/mol. The van der Waals surface area contributed by atoms with E-state index in [4.69, 9.17) is 5.73 Å². The third kappa shape index (κ3) is 3.90. The van der Waals surface area contributed by atoms with Crippen LogP contribution in [0.1, 0.15) is 17.2 Å². The highest BCUT2D eigenvalue weighted by Gasteiger charge is 2.42. The lowest BCUT2D eigenvalue weighted by molar-refractivity contribution is -0.00000724. The fourth-order valence-corrected chi connectivity index (χ4v) is 4.47. The first-order valence-corrected chi connectivity index (χ1v) is 9.62. The van der Waals surface area contributed by atoms with E-state index in [1.807, 2.05) is 18.2 Å². The molecule has 0 amide bonds. The zero-order chi connectivity index (χ0) is 18.1. The second-order valence-electron chi connectivity index (χ2n) is 6.46. The number of benzene rings is 1. The fourth-order valence-electron chi connectivity index (χ4n) is 3.38. The predicted octanol–water partition coefficient (Wildman–Crippen LogP) is -1.79. The van der Waals surface area contributed by atoms with Gasteiger partial charge >= 0.3 is 0 Å². The maximum atomic E-state index is 10.5. The van der Waals surface area contributed by atoms with Crippen molar-refractivity contribution in [3.05, 3.63) is 54.0 Å². The van der Waals surface area contributed by atoms with Crippen LogP contribution in [-0.4, -0.2) is 49.2 Å². The predicted molar refractivity (Wildman–Crippen MR) is 103 cm³/mol. The number of aromatic nitrogens is 3. The van der Waals surface area contributed by atoms with Gasteiger partial charge in [0.05, 0.1) is 17.7 Å². The quantitative estimate of drug-likeness (QED) is 0.339. The van der Waals surface area contributed by atoms with Gasteiger partial charge in [-0.05, 0) is 5.56 Å². The van der Waals surface area contributed by atoms with Gasteiger partial charge in [-0.15, -0.1) is 0 Å². The molecule has 4 rings (SSSR count). The van der Waals surface area contributed by atoms with E-state index in [-0.39, 0.29) is 18.4 Å². The number of fused-ring (bicyclic) bond motifs is 1. The number of nitrogen functional groups attached to an aromatic ring is 1.